The summed E-state index contributed by atoms with van der Waals surface area (Å²) in [5, 5.41) is 3.21. The molecule has 0 aliphatic carbocycles. The summed E-state index contributed by atoms with van der Waals surface area (Å²) in [4.78, 5) is 23.3. The Balaban J connectivity index is 2.22. The van der Waals surface area contributed by atoms with E-state index < -0.39 is 0 Å². The maximum absolute atomic E-state index is 12.3. The molecule has 0 aliphatic rings. The minimum absolute atomic E-state index is 0.181. The molecule has 0 unspecified atom stereocenters. The van der Waals surface area contributed by atoms with E-state index in [0.29, 0.717) is 27.6 Å². The number of methoxy groups -OCH3 is 1. The number of amides is 1. The average Bonchev–Trinajstić information content (AvgIpc) is 2.52. The van der Waals surface area contributed by atoms with Crippen LogP contribution >= 0.6 is 11.6 Å². The Bertz CT molecular complexity index is 769. The molecule has 1 amide bonds. The van der Waals surface area contributed by atoms with Gasteiger partial charge < -0.3 is 10.1 Å². The zero-order valence-electron chi connectivity index (χ0n) is 12.8. The summed E-state index contributed by atoms with van der Waals surface area (Å²) in [6.07, 6.45) is 3.10. The van der Waals surface area contributed by atoms with E-state index in [0.717, 1.165) is 0 Å². The maximum atomic E-state index is 12.3. The monoisotopic (exact) mass is 329 g/mol. The van der Waals surface area contributed by atoms with E-state index in [4.69, 9.17) is 16.3 Å². The number of nitrogens with one attached hydrogen (secondary N) is 1. The van der Waals surface area contributed by atoms with Crippen molar-refractivity contribution in [3.05, 3.63) is 64.7 Å². The number of carbonyl (C=O) groups is 2. The molecule has 0 bridgehead atoms. The highest BCUT2D eigenvalue weighted by molar-refractivity contribution is 6.30. The van der Waals surface area contributed by atoms with Crippen molar-refractivity contribution >= 4 is 35.1 Å². The SMILES string of the molecule is COc1ccc(Cl)cc1/C=C/C(=O)c1cccc(NC(C)=O)c1. The Morgan fingerprint density at radius 1 is 1.17 bits per heavy atom. The predicted octanol–water partition coefficient (Wildman–Crippen LogP) is 4.20. The lowest BCUT2D eigenvalue weighted by Crippen LogP contribution is -2.06. The van der Waals surface area contributed by atoms with Crippen molar-refractivity contribution in [2.75, 3.05) is 12.4 Å². The van der Waals surface area contributed by atoms with E-state index in [-0.39, 0.29) is 11.7 Å². The third-order valence-corrected chi connectivity index (χ3v) is 3.31. The number of anilines is 1. The van der Waals surface area contributed by atoms with Crippen LogP contribution in [0.25, 0.3) is 6.08 Å². The molecule has 0 aliphatic heterocycles. The molecular weight excluding hydrogens is 314 g/mol. The van der Waals surface area contributed by atoms with Gasteiger partial charge in [0.1, 0.15) is 5.75 Å². The maximum Gasteiger partial charge on any atom is 0.221 e. The first-order valence-electron chi connectivity index (χ1n) is 6.93. The molecule has 5 heteroatoms. The van der Waals surface area contributed by atoms with Crippen molar-refractivity contribution in [1.29, 1.82) is 0 Å². The van der Waals surface area contributed by atoms with Gasteiger partial charge in [0.25, 0.3) is 0 Å². The lowest BCUT2D eigenvalue weighted by atomic mass is 10.1. The first-order chi connectivity index (χ1) is 11.0. The van der Waals surface area contributed by atoms with Crippen LogP contribution in [0.5, 0.6) is 5.75 Å². The van der Waals surface area contributed by atoms with Crippen molar-refractivity contribution in [2.45, 2.75) is 6.92 Å². The van der Waals surface area contributed by atoms with Gasteiger partial charge in [-0.3, -0.25) is 9.59 Å². The molecular formula is C18H16ClNO3. The standard InChI is InChI=1S/C18H16ClNO3/c1-12(21)20-16-5-3-4-13(11-16)17(22)8-6-14-10-15(19)7-9-18(14)23-2/h3-11H,1-2H3,(H,20,21)/b8-6+. The van der Waals surface area contributed by atoms with E-state index >= 15 is 0 Å². The van der Waals surface area contributed by atoms with Crippen molar-refractivity contribution in [2.24, 2.45) is 0 Å². The van der Waals surface area contributed by atoms with Crippen LogP contribution in [-0.4, -0.2) is 18.8 Å². The van der Waals surface area contributed by atoms with Gasteiger partial charge >= 0.3 is 0 Å². The Kier molecular flexibility index (Phi) is 5.55. The van der Waals surface area contributed by atoms with Gasteiger partial charge in [0.05, 0.1) is 7.11 Å². The number of ketones is 1. The molecule has 23 heavy (non-hydrogen) atoms. The fourth-order valence-electron chi connectivity index (χ4n) is 2.05. The lowest BCUT2D eigenvalue weighted by molar-refractivity contribution is -0.114. The van der Waals surface area contributed by atoms with E-state index in [1.807, 2.05) is 0 Å². The van der Waals surface area contributed by atoms with Gasteiger partial charge in [0.2, 0.25) is 5.91 Å². The summed E-state index contributed by atoms with van der Waals surface area (Å²) in [6, 6.07) is 11.9. The van der Waals surface area contributed by atoms with Crippen LogP contribution < -0.4 is 10.1 Å². The van der Waals surface area contributed by atoms with Crippen LogP contribution in [0.1, 0.15) is 22.8 Å². The fourth-order valence-corrected chi connectivity index (χ4v) is 2.23. The Morgan fingerprint density at radius 2 is 1.96 bits per heavy atom. The van der Waals surface area contributed by atoms with Gasteiger partial charge in [-0.05, 0) is 42.5 Å². The molecule has 0 fully saturated rings. The molecule has 118 valence electrons. The third kappa shape index (κ3) is 4.69. The first-order valence-corrected chi connectivity index (χ1v) is 7.31. The van der Waals surface area contributed by atoms with Crippen LogP contribution in [-0.2, 0) is 4.79 Å². The molecule has 0 radical (unpaired) electrons. The van der Waals surface area contributed by atoms with E-state index in [9.17, 15) is 9.59 Å². The molecule has 2 rings (SSSR count). The highest BCUT2D eigenvalue weighted by Gasteiger charge is 2.05. The summed E-state index contributed by atoms with van der Waals surface area (Å²) >= 11 is 5.96. The van der Waals surface area contributed by atoms with Crippen molar-refractivity contribution in [3.8, 4) is 5.75 Å². The number of carbonyl (C=O) groups excluding carboxylic acids is 2. The molecule has 0 aromatic heterocycles. The zero-order chi connectivity index (χ0) is 16.8. The van der Waals surface area contributed by atoms with Crippen LogP contribution in [0.2, 0.25) is 5.02 Å². The number of ether oxygens (including phenoxy) is 1. The minimum atomic E-state index is -0.186. The van der Waals surface area contributed by atoms with Crippen LogP contribution in [0, 0.1) is 0 Å². The second-order valence-corrected chi connectivity index (χ2v) is 5.28. The van der Waals surface area contributed by atoms with Crippen molar-refractivity contribution in [3.63, 3.8) is 0 Å². The molecule has 2 aromatic rings. The molecule has 0 saturated carbocycles. The topological polar surface area (TPSA) is 55.4 Å². The summed E-state index contributed by atoms with van der Waals surface area (Å²) in [5.74, 6) is 0.262. The molecule has 0 heterocycles. The van der Waals surface area contributed by atoms with E-state index in [1.165, 1.54) is 13.0 Å². The fraction of sp³-hybridized carbons (Fsp3) is 0.111. The van der Waals surface area contributed by atoms with Crippen LogP contribution in [0.15, 0.2) is 48.5 Å². The summed E-state index contributed by atoms with van der Waals surface area (Å²) in [6.45, 7) is 1.42. The predicted molar refractivity (Wildman–Crippen MR) is 92.1 cm³/mol. The number of benzene rings is 2. The molecule has 1 N–H and O–H groups in total. The van der Waals surface area contributed by atoms with E-state index in [2.05, 4.69) is 5.32 Å². The van der Waals surface area contributed by atoms with E-state index in [1.54, 1.807) is 55.7 Å². The Morgan fingerprint density at radius 3 is 2.65 bits per heavy atom. The number of hydrogen-bond acceptors (Lipinski definition) is 3. The van der Waals surface area contributed by atoms with Gasteiger partial charge in [-0.1, -0.05) is 23.7 Å². The molecule has 0 saturated heterocycles. The van der Waals surface area contributed by atoms with Gasteiger partial charge in [-0.25, -0.2) is 0 Å². The van der Waals surface area contributed by atoms with Crippen molar-refractivity contribution in [1.82, 2.24) is 0 Å². The van der Waals surface area contributed by atoms with Crippen molar-refractivity contribution < 1.29 is 14.3 Å². The van der Waals surface area contributed by atoms with Gasteiger partial charge in [0.15, 0.2) is 5.78 Å². The Labute approximate surface area is 139 Å². The largest absolute Gasteiger partial charge is 0.496 e. The summed E-state index contributed by atoms with van der Waals surface area (Å²) in [7, 11) is 1.55. The van der Waals surface area contributed by atoms with Gasteiger partial charge in [-0.15, -0.1) is 0 Å². The third-order valence-electron chi connectivity index (χ3n) is 3.07. The van der Waals surface area contributed by atoms with Gasteiger partial charge in [0, 0.05) is 28.8 Å². The summed E-state index contributed by atoms with van der Waals surface area (Å²) < 4.78 is 5.23. The summed E-state index contributed by atoms with van der Waals surface area (Å²) in [5.41, 5.74) is 1.77. The normalized spacial score (nSPS) is 10.6. The van der Waals surface area contributed by atoms with Crippen LogP contribution in [0.4, 0.5) is 5.69 Å². The molecule has 0 spiro atoms. The second-order valence-electron chi connectivity index (χ2n) is 4.85. The molecule has 4 nitrogen and oxygen atoms in total. The minimum Gasteiger partial charge on any atom is -0.496 e. The average molecular weight is 330 g/mol. The van der Waals surface area contributed by atoms with Gasteiger partial charge in [-0.2, -0.15) is 0 Å². The molecule has 2 aromatic carbocycles. The second kappa shape index (κ2) is 7.61. The number of allylic oxidation sites excluding steroid dienone is 1. The molecule has 0 atom stereocenters. The number of hydrogen-bond donors (Lipinski definition) is 1. The Hall–Kier alpha value is -2.59. The smallest absolute Gasteiger partial charge is 0.221 e. The highest BCUT2D eigenvalue weighted by Crippen LogP contribution is 2.24. The van der Waals surface area contributed by atoms with Crippen LogP contribution in [0.3, 0.4) is 0 Å². The first kappa shape index (κ1) is 16.8. The number of halogens is 1. The highest BCUT2D eigenvalue weighted by atomic mass is 35.5. The zero-order valence-corrected chi connectivity index (χ0v) is 13.6. The number of rotatable bonds is 5. The quantitative estimate of drug-likeness (QED) is 0.660. The lowest BCUT2D eigenvalue weighted by Gasteiger charge is -2.05.